The molecule has 27 heavy (non-hydrogen) atoms. The molecule has 0 amide bonds. The summed E-state index contributed by atoms with van der Waals surface area (Å²) in [6.45, 7) is 4.19. The number of pyridine rings is 2. The summed E-state index contributed by atoms with van der Waals surface area (Å²) in [5, 5.41) is 6.40. The molecule has 0 aliphatic rings. The van der Waals surface area contributed by atoms with E-state index >= 15 is 0 Å². The molecule has 5 heterocycles. The number of fused-ring (bicyclic) bond motifs is 2. The Morgan fingerprint density at radius 2 is 2.04 bits per heavy atom. The molecule has 0 radical (unpaired) electrons. The van der Waals surface area contributed by atoms with Crippen LogP contribution in [0.25, 0.3) is 44.3 Å². The lowest BCUT2D eigenvalue weighted by atomic mass is 10.1. The summed E-state index contributed by atoms with van der Waals surface area (Å²) >= 11 is 0. The van der Waals surface area contributed by atoms with Gasteiger partial charge in [-0.15, -0.1) is 0 Å². The number of hydrogen-bond donors (Lipinski definition) is 2. The normalized spacial score (nSPS) is 11.8. The fourth-order valence-corrected chi connectivity index (χ4v) is 3.34. The monoisotopic (exact) mass is 358 g/mol. The summed E-state index contributed by atoms with van der Waals surface area (Å²) in [5.41, 5.74) is 10.5. The average molecular weight is 358 g/mol. The number of nitrogens with two attached hydrogens (primary N) is 1. The van der Waals surface area contributed by atoms with Gasteiger partial charge in [-0.1, -0.05) is 0 Å². The fourth-order valence-electron chi connectivity index (χ4n) is 3.34. The van der Waals surface area contributed by atoms with Gasteiger partial charge in [0.25, 0.3) is 0 Å². The zero-order chi connectivity index (χ0) is 18.5. The summed E-state index contributed by atoms with van der Waals surface area (Å²) in [4.78, 5) is 11.7. The number of anilines is 1. The number of furan rings is 1. The molecule has 0 unspecified atom stereocenters. The molecule has 0 fully saturated rings. The molecule has 0 aromatic carbocycles. The van der Waals surface area contributed by atoms with E-state index in [1.165, 1.54) is 0 Å². The minimum absolute atomic E-state index is 0.288. The average Bonchev–Trinajstić information content (AvgIpc) is 3.39. The molecule has 134 valence electrons. The van der Waals surface area contributed by atoms with E-state index in [2.05, 4.69) is 33.9 Å². The molecule has 7 heteroatoms. The maximum absolute atomic E-state index is 6.11. The first-order chi connectivity index (χ1) is 13.1. The van der Waals surface area contributed by atoms with Gasteiger partial charge in [0.1, 0.15) is 5.76 Å². The van der Waals surface area contributed by atoms with Crippen molar-refractivity contribution in [3.63, 3.8) is 0 Å². The lowest BCUT2D eigenvalue weighted by Crippen LogP contribution is -1.99. The lowest BCUT2D eigenvalue weighted by molar-refractivity contribution is 0.532. The van der Waals surface area contributed by atoms with Gasteiger partial charge in [-0.3, -0.25) is 9.67 Å². The number of hydrogen-bond acceptors (Lipinski definition) is 5. The number of nitrogen functional groups attached to an aromatic ring is 1. The highest BCUT2D eigenvalue weighted by molar-refractivity contribution is 6.02. The van der Waals surface area contributed by atoms with Crippen molar-refractivity contribution in [2.45, 2.75) is 19.9 Å². The number of H-pyrrole nitrogens is 1. The third kappa shape index (κ3) is 2.39. The van der Waals surface area contributed by atoms with Crippen LogP contribution in [0, 0.1) is 0 Å². The van der Waals surface area contributed by atoms with Gasteiger partial charge in [0.2, 0.25) is 0 Å². The van der Waals surface area contributed by atoms with E-state index < -0.39 is 0 Å². The molecule has 0 saturated heterocycles. The highest BCUT2D eigenvalue weighted by Crippen LogP contribution is 2.38. The Balaban J connectivity index is 1.72. The van der Waals surface area contributed by atoms with Crippen LogP contribution in [0.1, 0.15) is 19.9 Å². The Morgan fingerprint density at radius 1 is 1.15 bits per heavy atom. The molecule has 0 aliphatic carbocycles. The van der Waals surface area contributed by atoms with Crippen LogP contribution >= 0.6 is 0 Å². The number of rotatable bonds is 3. The van der Waals surface area contributed by atoms with Crippen LogP contribution < -0.4 is 5.73 Å². The molecular formula is C20H18N6O. The second-order valence-electron chi connectivity index (χ2n) is 6.84. The van der Waals surface area contributed by atoms with Crippen LogP contribution in [-0.2, 0) is 0 Å². The Kier molecular flexibility index (Phi) is 3.30. The number of aromatic amines is 1. The highest BCUT2D eigenvalue weighted by Gasteiger charge is 2.17. The third-order valence-corrected chi connectivity index (χ3v) is 4.78. The molecule has 5 aromatic heterocycles. The molecule has 0 spiro atoms. The van der Waals surface area contributed by atoms with Gasteiger partial charge >= 0.3 is 0 Å². The Labute approximate surface area is 154 Å². The zero-order valence-corrected chi connectivity index (χ0v) is 15.0. The summed E-state index contributed by atoms with van der Waals surface area (Å²) < 4.78 is 8.03. The first-order valence-electron chi connectivity index (χ1n) is 8.76. The second-order valence-corrected chi connectivity index (χ2v) is 6.84. The smallest absolute Gasteiger partial charge is 0.177 e. The van der Waals surface area contributed by atoms with Gasteiger partial charge in [0.15, 0.2) is 11.4 Å². The largest absolute Gasteiger partial charge is 0.452 e. The quantitative estimate of drug-likeness (QED) is 0.498. The first kappa shape index (κ1) is 15.6. The van der Waals surface area contributed by atoms with Gasteiger partial charge in [-0.05, 0) is 26.0 Å². The standard InChI is InChI=1S/C20H18N6O/c1-11(2)26-10-12(6-25-26)15-7-24-20(21)19-14(15)5-18(27-19)16-8-23-17-9-22-4-3-13(16)17/h3-11,23H,1-2H3,(H2,21,24). The highest BCUT2D eigenvalue weighted by atomic mass is 16.3. The molecule has 0 atom stereocenters. The van der Waals surface area contributed by atoms with Crippen LogP contribution in [-0.4, -0.2) is 24.7 Å². The van der Waals surface area contributed by atoms with Crippen LogP contribution in [0.15, 0.2) is 53.7 Å². The van der Waals surface area contributed by atoms with Crippen molar-refractivity contribution < 1.29 is 4.42 Å². The predicted octanol–water partition coefficient (Wildman–Crippen LogP) is 4.40. The number of aromatic nitrogens is 5. The summed E-state index contributed by atoms with van der Waals surface area (Å²) in [7, 11) is 0. The van der Waals surface area contributed by atoms with Crippen LogP contribution in [0.4, 0.5) is 5.82 Å². The maximum Gasteiger partial charge on any atom is 0.177 e. The summed E-state index contributed by atoms with van der Waals surface area (Å²) in [6, 6.07) is 4.26. The Morgan fingerprint density at radius 3 is 2.85 bits per heavy atom. The van der Waals surface area contributed by atoms with Gasteiger partial charge in [-0.25, -0.2) is 4.98 Å². The van der Waals surface area contributed by atoms with E-state index in [-0.39, 0.29) is 6.04 Å². The number of nitrogens with zero attached hydrogens (tertiary/aromatic N) is 4. The van der Waals surface area contributed by atoms with Crippen molar-refractivity contribution in [2.24, 2.45) is 0 Å². The van der Waals surface area contributed by atoms with Gasteiger partial charge in [0.05, 0.1) is 17.9 Å². The van der Waals surface area contributed by atoms with Crippen LogP contribution in [0.3, 0.4) is 0 Å². The molecule has 0 aliphatic heterocycles. The molecule has 0 bridgehead atoms. The van der Waals surface area contributed by atoms with Crippen molar-refractivity contribution in [3.05, 3.63) is 49.3 Å². The van der Waals surface area contributed by atoms with Gasteiger partial charge in [-0.2, -0.15) is 5.10 Å². The predicted molar refractivity (Wildman–Crippen MR) is 105 cm³/mol. The zero-order valence-electron chi connectivity index (χ0n) is 15.0. The SMILES string of the molecule is CC(C)n1cc(-c2cnc(N)c3oc(-c4c[nH]c5cnccc45)cc23)cn1. The molecular weight excluding hydrogens is 340 g/mol. The molecule has 5 aromatic rings. The van der Waals surface area contributed by atoms with Crippen molar-refractivity contribution in [2.75, 3.05) is 5.73 Å². The minimum atomic E-state index is 0.288. The Hall–Kier alpha value is -3.61. The lowest BCUT2D eigenvalue weighted by Gasteiger charge is -2.03. The number of nitrogens with one attached hydrogen (secondary N) is 1. The minimum Gasteiger partial charge on any atom is -0.452 e. The molecule has 3 N–H and O–H groups in total. The van der Waals surface area contributed by atoms with E-state index in [9.17, 15) is 0 Å². The van der Waals surface area contributed by atoms with Crippen LogP contribution in [0.5, 0.6) is 0 Å². The van der Waals surface area contributed by atoms with Crippen LogP contribution in [0.2, 0.25) is 0 Å². The van der Waals surface area contributed by atoms with Crippen molar-refractivity contribution in [1.29, 1.82) is 0 Å². The van der Waals surface area contributed by atoms with Crippen molar-refractivity contribution in [1.82, 2.24) is 24.7 Å². The maximum atomic E-state index is 6.11. The van der Waals surface area contributed by atoms with Gasteiger partial charge in [0, 0.05) is 58.3 Å². The summed E-state index contributed by atoms with van der Waals surface area (Å²) in [6.07, 6.45) is 11.1. The van der Waals surface area contributed by atoms with E-state index in [1.54, 1.807) is 18.6 Å². The topological polar surface area (TPSA) is 98.6 Å². The fraction of sp³-hybridized carbons (Fsp3) is 0.150. The molecule has 7 nitrogen and oxygen atoms in total. The third-order valence-electron chi connectivity index (χ3n) is 4.78. The van der Waals surface area contributed by atoms with E-state index in [0.29, 0.717) is 11.4 Å². The molecule has 0 saturated carbocycles. The van der Waals surface area contributed by atoms with E-state index in [1.807, 2.05) is 35.4 Å². The van der Waals surface area contributed by atoms with E-state index in [4.69, 9.17) is 10.2 Å². The second kappa shape index (κ2) is 5.70. The van der Waals surface area contributed by atoms with Gasteiger partial charge < -0.3 is 15.1 Å². The van der Waals surface area contributed by atoms with E-state index in [0.717, 1.165) is 38.7 Å². The Bertz CT molecular complexity index is 1280. The molecule has 5 rings (SSSR count). The van der Waals surface area contributed by atoms with Crippen molar-refractivity contribution in [3.8, 4) is 22.5 Å². The van der Waals surface area contributed by atoms with Crippen molar-refractivity contribution >= 4 is 27.7 Å². The summed E-state index contributed by atoms with van der Waals surface area (Å²) in [5.74, 6) is 1.11. The first-order valence-corrected chi connectivity index (χ1v) is 8.76.